The predicted octanol–water partition coefficient (Wildman–Crippen LogP) is 3.41. The molecule has 114 valence electrons. The molecule has 0 heterocycles. The van der Waals surface area contributed by atoms with Crippen molar-refractivity contribution < 1.29 is 19.8 Å². The van der Waals surface area contributed by atoms with Crippen molar-refractivity contribution >= 4 is 11.7 Å². The Bertz CT molecular complexity index is 660. The van der Waals surface area contributed by atoms with E-state index < -0.39 is 5.97 Å². The van der Waals surface area contributed by atoms with Crippen LogP contribution in [0.1, 0.15) is 18.4 Å². The molecule has 0 atom stereocenters. The Morgan fingerprint density at radius 3 is 2.00 bits per heavy atom. The Morgan fingerprint density at radius 2 is 1.55 bits per heavy atom. The minimum absolute atomic E-state index is 0.0698. The fourth-order valence-electron chi connectivity index (χ4n) is 2.12. The van der Waals surface area contributed by atoms with Gasteiger partial charge in [0, 0.05) is 6.42 Å². The average molecular weight is 299 g/mol. The molecule has 2 aromatic carbocycles. The second-order valence-corrected chi connectivity index (χ2v) is 4.75. The van der Waals surface area contributed by atoms with E-state index in [-0.39, 0.29) is 12.8 Å². The van der Waals surface area contributed by atoms with Crippen LogP contribution < -0.4 is 4.74 Å². The van der Waals surface area contributed by atoms with Gasteiger partial charge in [0.15, 0.2) is 0 Å². The van der Waals surface area contributed by atoms with E-state index in [1.54, 1.807) is 7.11 Å². The highest BCUT2D eigenvalue weighted by Gasteiger charge is 2.08. The van der Waals surface area contributed by atoms with Gasteiger partial charge in [-0.1, -0.05) is 41.6 Å². The molecule has 22 heavy (non-hydrogen) atoms. The Hall–Kier alpha value is -2.82. The van der Waals surface area contributed by atoms with E-state index in [1.807, 2.05) is 48.5 Å². The van der Waals surface area contributed by atoms with E-state index in [9.17, 15) is 4.79 Å². The van der Waals surface area contributed by atoms with Crippen molar-refractivity contribution in [2.75, 3.05) is 7.11 Å². The van der Waals surface area contributed by atoms with Gasteiger partial charge in [0.25, 0.3) is 0 Å². The molecule has 0 saturated heterocycles. The number of nitrogens with zero attached hydrogens (tertiary/aromatic N) is 1. The number of carboxylic acid groups (broad SMARTS) is 1. The quantitative estimate of drug-likeness (QED) is 0.487. The summed E-state index contributed by atoms with van der Waals surface area (Å²) in [5.74, 6) is -0.125. The first kappa shape index (κ1) is 15.6. The lowest BCUT2D eigenvalue weighted by molar-refractivity contribution is -0.136. The van der Waals surface area contributed by atoms with Crippen LogP contribution in [0.3, 0.4) is 0 Å². The summed E-state index contributed by atoms with van der Waals surface area (Å²) < 4.78 is 5.12. The summed E-state index contributed by atoms with van der Waals surface area (Å²) in [6.45, 7) is 0. The Balaban J connectivity index is 2.16. The van der Waals surface area contributed by atoms with Crippen LogP contribution in [0.5, 0.6) is 5.75 Å². The fraction of sp³-hybridized carbons (Fsp3) is 0.176. The number of aliphatic carboxylic acids is 1. The lowest BCUT2D eigenvalue weighted by atomic mass is 10.0. The van der Waals surface area contributed by atoms with Crippen LogP contribution in [0.2, 0.25) is 0 Å². The Morgan fingerprint density at radius 1 is 1.00 bits per heavy atom. The predicted molar refractivity (Wildman–Crippen MR) is 83.6 cm³/mol. The lowest BCUT2D eigenvalue weighted by Crippen LogP contribution is -2.05. The number of carbonyl (C=O) groups is 1. The first-order chi connectivity index (χ1) is 10.6. The molecule has 0 aromatic heterocycles. The lowest BCUT2D eigenvalue weighted by Gasteiger charge is -2.07. The minimum atomic E-state index is -0.920. The Labute approximate surface area is 128 Å². The smallest absolute Gasteiger partial charge is 0.303 e. The number of hydrogen-bond acceptors (Lipinski definition) is 4. The van der Waals surface area contributed by atoms with Crippen LogP contribution in [0, 0.1) is 0 Å². The fourth-order valence-corrected chi connectivity index (χ4v) is 2.12. The van der Waals surface area contributed by atoms with Crippen molar-refractivity contribution in [3.63, 3.8) is 0 Å². The molecule has 5 nitrogen and oxygen atoms in total. The van der Waals surface area contributed by atoms with Crippen molar-refractivity contribution in [3.05, 3.63) is 54.1 Å². The number of carboxylic acids is 1. The Kier molecular flexibility index (Phi) is 5.14. The van der Waals surface area contributed by atoms with Crippen molar-refractivity contribution in [3.8, 4) is 16.9 Å². The molecule has 2 rings (SSSR count). The van der Waals surface area contributed by atoms with Crippen LogP contribution in [0.4, 0.5) is 0 Å². The molecule has 2 N–H and O–H groups in total. The van der Waals surface area contributed by atoms with Gasteiger partial charge in [-0.3, -0.25) is 4.79 Å². The van der Waals surface area contributed by atoms with Gasteiger partial charge in [0.2, 0.25) is 0 Å². The largest absolute Gasteiger partial charge is 0.497 e. The minimum Gasteiger partial charge on any atom is -0.497 e. The van der Waals surface area contributed by atoms with Crippen LogP contribution in [-0.4, -0.2) is 29.1 Å². The van der Waals surface area contributed by atoms with E-state index in [4.69, 9.17) is 15.1 Å². The molecule has 5 heteroatoms. The summed E-state index contributed by atoms with van der Waals surface area (Å²) in [7, 11) is 1.62. The molecule has 2 aromatic rings. The number of ether oxygens (including phenoxy) is 1. The topological polar surface area (TPSA) is 79.1 Å². The van der Waals surface area contributed by atoms with Crippen molar-refractivity contribution in [1.82, 2.24) is 0 Å². The average Bonchev–Trinajstić information content (AvgIpc) is 2.56. The van der Waals surface area contributed by atoms with Gasteiger partial charge >= 0.3 is 5.97 Å². The highest BCUT2D eigenvalue weighted by atomic mass is 16.5. The van der Waals surface area contributed by atoms with E-state index in [2.05, 4.69) is 5.16 Å². The van der Waals surface area contributed by atoms with Crippen LogP contribution >= 0.6 is 0 Å². The van der Waals surface area contributed by atoms with E-state index in [0.717, 1.165) is 16.9 Å². The SMILES string of the molecule is COc1ccc(-c2ccc(/C(CCC(=O)O)=N/O)cc2)cc1. The van der Waals surface area contributed by atoms with Crippen molar-refractivity contribution in [1.29, 1.82) is 0 Å². The third kappa shape index (κ3) is 3.85. The van der Waals surface area contributed by atoms with Gasteiger partial charge < -0.3 is 15.1 Å². The maximum Gasteiger partial charge on any atom is 0.303 e. The molecular formula is C17H17NO4. The summed E-state index contributed by atoms with van der Waals surface area (Å²) >= 11 is 0. The first-order valence-electron chi connectivity index (χ1n) is 6.81. The van der Waals surface area contributed by atoms with E-state index in [0.29, 0.717) is 11.3 Å². The maximum absolute atomic E-state index is 10.6. The van der Waals surface area contributed by atoms with Crippen molar-refractivity contribution in [2.45, 2.75) is 12.8 Å². The zero-order chi connectivity index (χ0) is 15.9. The number of oxime groups is 1. The third-order valence-corrected chi connectivity index (χ3v) is 3.34. The van der Waals surface area contributed by atoms with Crippen LogP contribution in [0.25, 0.3) is 11.1 Å². The molecule has 0 amide bonds. The van der Waals surface area contributed by atoms with Crippen LogP contribution in [0.15, 0.2) is 53.7 Å². The number of rotatable bonds is 6. The summed E-state index contributed by atoms with van der Waals surface area (Å²) in [6.07, 6.45) is 0.118. The number of methoxy groups -OCH3 is 1. The molecule has 0 radical (unpaired) electrons. The summed E-state index contributed by atoms with van der Waals surface area (Å²) in [6, 6.07) is 15.1. The monoisotopic (exact) mass is 299 g/mol. The molecule has 0 spiro atoms. The van der Waals surface area contributed by atoms with E-state index >= 15 is 0 Å². The van der Waals surface area contributed by atoms with Gasteiger partial charge in [-0.05, 0) is 28.8 Å². The maximum atomic E-state index is 10.6. The normalized spacial score (nSPS) is 11.2. The molecule has 0 aliphatic heterocycles. The summed E-state index contributed by atoms with van der Waals surface area (Å²) in [5, 5.41) is 20.9. The zero-order valence-corrected chi connectivity index (χ0v) is 12.2. The standard InChI is InChI=1S/C17H17NO4/c1-22-15-8-6-13(7-9-15)12-2-4-14(5-3-12)16(18-21)10-11-17(19)20/h2-9,21H,10-11H2,1H3,(H,19,20)/b18-16+. The summed E-state index contributed by atoms with van der Waals surface area (Å²) in [5.41, 5.74) is 3.13. The molecule has 0 fully saturated rings. The van der Waals surface area contributed by atoms with Gasteiger partial charge in [-0.25, -0.2) is 0 Å². The molecule has 0 saturated carbocycles. The van der Waals surface area contributed by atoms with Gasteiger partial charge in [-0.2, -0.15) is 0 Å². The van der Waals surface area contributed by atoms with Crippen molar-refractivity contribution in [2.24, 2.45) is 5.16 Å². The van der Waals surface area contributed by atoms with Gasteiger partial charge in [0.05, 0.1) is 19.2 Å². The molecule has 0 aliphatic carbocycles. The first-order valence-corrected chi connectivity index (χ1v) is 6.81. The summed E-state index contributed by atoms with van der Waals surface area (Å²) in [4.78, 5) is 10.6. The second kappa shape index (κ2) is 7.26. The van der Waals surface area contributed by atoms with E-state index in [1.165, 1.54) is 0 Å². The second-order valence-electron chi connectivity index (χ2n) is 4.75. The zero-order valence-electron chi connectivity index (χ0n) is 12.2. The molecule has 0 bridgehead atoms. The number of benzene rings is 2. The van der Waals surface area contributed by atoms with Gasteiger partial charge in [0.1, 0.15) is 5.75 Å². The van der Waals surface area contributed by atoms with Crippen LogP contribution in [-0.2, 0) is 4.79 Å². The molecule has 0 unspecified atom stereocenters. The van der Waals surface area contributed by atoms with Gasteiger partial charge in [-0.15, -0.1) is 0 Å². The highest BCUT2D eigenvalue weighted by molar-refractivity contribution is 6.01. The third-order valence-electron chi connectivity index (χ3n) is 3.34. The molecule has 0 aliphatic rings. The number of hydrogen-bond donors (Lipinski definition) is 2. The molecular weight excluding hydrogens is 282 g/mol. The highest BCUT2D eigenvalue weighted by Crippen LogP contribution is 2.23.